The van der Waals surface area contributed by atoms with Crippen molar-refractivity contribution in [1.82, 2.24) is 4.98 Å². The van der Waals surface area contributed by atoms with Crippen LogP contribution in [0, 0.1) is 0 Å². The summed E-state index contributed by atoms with van der Waals surface area (Å²) in [5.74, 6) is 0.339. The molecule has 0 bridgehead atoms. The van der Waals surface area contributed by atoms with Crippen LogP contribution in [0.1, 0.15) is 12.5 Å². The van der Waals surface area contributed by atoms with Crippen molar-refractivity contribution >= 4 is 33.3 Å². The SMILES string of the molecule is CC(CBr)N(C)c1ncc(C(F)(F)F)cc1Cl. The topological polar surface area (TPSA) is 16.1 Å². The molecule has 0 aliphatic rings. The first-order chi connectivity index (χ1) is 7.77. The second-order valence-corrected chi connectivity index (χ2v) is 4.70. The highest BCUT2D eigenvalue weighted by Gasteiger charge is 2.32. The summed E-state index contributed by atoms with van der Waals surface area (Å²) in [7, 11) is 1.73. The number of aromatic nitrogens is 1. The second kappa shape index (κ2) is 5.44. The first-order valence-electron chi connectivity index (χ1n) is 4.79. The number of pyridine rings is 1. The molecule has 0 N–H and O–H groups in total. The largest absolute Gasteiger partial charge is 0.417 e. The Hall–Kier alpha value is -0.490. The van der Waals surface area contributed by atoms with Gasteiger partial charge in [0.2, 0.25) is 0 Å². The molecule has 1 aromatic heterocycles. The standard InChI is InChI=1S/C10H11BrClF3N2/c1-6(4-11)17(2)9-8(12)3-7(5-16-9)10(13,14)15/h3,5-6H,4H2,1-2H3. The molecule has 0 aliphatic heterocycles. The lowest BCUT2D eigenvalue weighted by Crippen LogP contribution is -2.31. The van der Waals surface area contributed by atoms with Crippen LogP contribution in [-0.2, 0) is 6.18 Å². The van der Waals surface area contributed by atoms with E-state index >= 15 is 0 Å². The van der Waals surface area contributed by atoms with Gasteiger partial charge in [-0.1, -0.05) is 27.5 Å². The van der Waals surface area contributed by atoms with Gasteiger partial charge in [-0.25, -0.2) is 4.98 Å². The monoisotopic (exact) mass is 330 g/mol. The third-order valence-corrected chi connectivity index (χ3v) is 3.58. The number of anilines is 1. The van der Waals surface area contributed by atoms with Gasteiger partial charge >= 0.3 is 6.18 Å². The molecule has 0 radical (unpaired) electrons. The molecule has 1 aromatic rings. The minimum atomic E-state index is -4.42. The fraction of sp³-hybridized carbons (Fsp3) is 0.500. The number of halogens is 5. The number of hydrogen-bond donors (Lipinski definition) is 0. The van der Waals surface area contributed by atoms with Crippen LogP contribution in [0.5, 0.6) is 0 Å². The Balaban J connectivity index is 3.06. The van der Waals surface area contributed by atoms with Crippen LogP contribution in [-0.4, -0.2) is 23.4 Å². The predicted octanol–water partition coefficient (Wildman–Crippen LogP) is 3.97. The summed E-state index contributed by atoms with van der Waals surface area (Å²) in [6.07, 6.45) is -3.63. The summed E-state index contributed by atoms with van der Waals surface area (Å²) in [4.78, 5) is 5.49. The van der Waals surface area contributed by atoms with Crippen LogP contribution in [0.2, 0.25) is 5.02 Å². The first-order valence-corrected chi connectivity index (χ1v) is 6.29. The predicted molar refractivity (Wildman–Crippen MR) is 65.9 cm³/mol. The molecule has 2 nitrogen and oxygen atoms in total. The molecule has 1 atom stereocenters. The third-order valence-electron chi connectivity index (χ3n) is 2.37. The van der Waals surface area contributed by atoms with Gasteiger partial charge in [0.05, 0.1) is 10.6 Å². The molecule has 1 heterocycles. The van der Waals surface area contributed by atoms with Gasteiger partial charge in [0.15, 0.2) is 0 Å². The van der Waals surface area contributed by atoms with Crippen molar-refractivity contribution in [3.05, 3.63) is 22.8 Å². The number of rotatable bonds is 3. The minimum absolute atomic E-state index is 0.00451. The fourth-order valence-corrected chi connectivity index (χ4v) is 1.89. The van der Waals surface area contributed by atoms with E-state index in [1.807, 2.05) is 6.92 Å². The van der Waals surface area contributed by atoms with Gasteiger partial charge in [-0.2, -0.15) is 13.2 Å². The maximum Gasteiger partial charge on any atom is 0.417 e. The molecular weight excluding hydrogens is 320 g/mol. The van der Waals surface area contributed by atoms with Crippen molar-refractivity contribution in [2.45, 2.75) is 19.1 Å². The molecule has 0 amide bonds. The molecule has 0 saturated heterocycles. The Morgan fingerprint density at radius 2 is 2.12 bits per heavy atom. The van der Waals surface area contributed by atoms with Crippen molar-refractivity contribution in [3.8, 4) is 0 Å². The fourth-order valence-electron chi connectivity index (χ4n) is 1.16. The Morgan fingerprint density at radius 3 is 2.53 bits per heavy atom. The molecule has 17 heavy (non-hydrogen) atoms. The van der Waals surface area contributed by atoms with Gasteiger partial charge in [-0.05, 0) is 13.0 Å². The van der Waals surface area contributed by atoms with E-state index in [0.29, 0.717) is 11.1 Å². The van der Waals surface area contributed by atoms with Crippen LogP contribution in [0.4, 0.5) is 19.0 Å². The van der Waals surface area contributed by atoms with Gasteiger partial charge in [0, 0.05) is 24.6 Å². The highest BCUT2D eigenvalue weighted by molar-refractivity contribution is 9.09. The average Bonchev–Trinajstić information content (AvgIpc) is 2.25. The highest BCUT2D eigenvalue weighted by atomic mass is 79.9. The average molecular weight is 332 g/mol. The Bertz CT molecular complexity index is 398. The van der Waals surface area contributed by atoms with Crippen molar-refractivity contribution in [1.29, 1.82) is 0 Å². The molecule has 0 saturated carbocycles. The first kappa shape index (κ1) is 14.6. The van der Waals surface area contributed by atoms with E-state index in [4.69, 9.17) is 11.6 Å². The van der Waals surface area contributed by atoms with E-state index in [9.17, 15) is 13.2 Å². The molecule has 0 spiro atoms. The van der Waals surface area contributed by atoms with E-state index in [2.05, 4.69) is 20.9 Å². The van der Waals surface area contributed by atoms with E-state index in [1.54, 1.807) is 11.9 Å². The molecule has 1 unspecified atom stereocenters. The van der Waals surface area contributed by atoms with Crippen molar-refractivity contribution < 1.29 is 13.2 Å². The summed E-state index contributed by atoms with van der Waals surface area (Å²) in [5.41, 5.74) is -0.842. The summed E-state index contributed by atoms with van der Waals surface area (Å²) < 4.78 is 37.2. The van der Waals surface area contributed by atoms with Gasteiger partial charge in [0.1, 0.15) is 5.82 Å². The highest BCUT2D eigenvalue weighted by Crippen LogP contribution is 2.33. The van der Waals surface area contributed by atoms with E-state index < -0.39 is 11.7 Å². The normalized spacial score (nSPS) is 13.6. The molecule has 96 valence electrons. The second-order valence-electron chi connectivity index (χ2n) is 3.64. The van der Waals surface area contributed by atoms with Crippen molar-refractivity contribution in [2.75, 3.05) is 17.3 Å². The van der Waals surface area contributed by atoms with Gasteiger partial charge < -0.3 is 4.90 Å². The maximum atomic E-state index is 12.4. The van der Waals surface area contributed by atoms with Crippen LogP contribution in [0.15, 0.2) is 12.3 Å². The summed E-state index contributed by atoms with van der Waals surface area (Å²) in [6.45, 7) is 1.91. The zero-order chi connectivity index (χ0) is 13.2. The lowest BCUT2D eigenvalue weighted by atomic mass is 10.2. The van der Waals surface area contributed by atoms with E-state index in [1.165, 1.54) is 0 Å². The molecule has 0 aliphatic carbocycles. The van der Waals surface area contributed by atoms with Crippen LogP contribution in [0.25, 0.3) is 0 Å². The number of hydrogen-bond acceptors (Lipinski definition) is 2. The van der Waals surface area contributed by atoms with Gasteiger partial charge in [-0.3, -0.25) is 0 Å². The van der Waals surface area contributed by atoms with Crippen LogP contribution in [0.3, 0.4) is 0 Å². The van der Waals surface area contributed by atoms with Crippen LogP contribution >= 0.6 is 27.5 Å². The minimum Gasteiger partial charge on any atom is -0.355 e. The third kappa shape index (κ3) is 3.48. The molecule has 7 heteroatoms. The number of alkyl halides is 4. The van der Waals surface area contributed by atoms with Gasteiger partial charge in [0.25, 0.3) is 0 Å². The van der Waals surface area contributed by atoms with Crippen molar-refractivity contribution in [2.24, 2.45) is 0 Å². The summed E-state index contributed by atoms with van der Waals surface area (Å²) in [6, 6.07) is 0.971. The lowest BCUT2D eigenvalue weighted by Gasteiger charge is -2.25. The zero-order valence-electron chi connectivity index (χ0n) is 9.22. The quantitative estimate of drug-likeness (QED) is 0.779. The maximum absolute atomic E-state index is 12.4. The lowest BCUT2D eigenvalue weighted by molar-refractivity contribution is -0.137. The van der Waals surface area contributed by atoms with Crippen molar-refractivity contribution in [3.63, 3.8) is 0 Å². The zero-order valence-corrected chi connectivity index (χ0v) is 11.6. The Kier molecular flexibility index (Phi) is 4.66. The van der Waals surface area contributed by atoms with E-state index in [-0.39, 0.29) is 11.1 Å². The number of nitrogens with zero attached hydrogens (tertiary/aromatic N) is 2. The van der Waals surface area contributed by atoms with Gasteiger partial charge in [-0.15, -0.1) is 0 Å². The summed E-state index contributed by atoms with van der Waals surface area (Å²) in [5, 5.41) is 0.665. The van der Waals surface area contributed by atoms with E-state index in [0.717, 1.165) is 12.3 Å². The van der Waals surface area contributed by atoms with Crippen LogP contribution < -0.4 is 4.90 Å². The Labute approximate surface area is 111 Å². The molecule has 1 rings (SSSR count). The summed E-state index contributed by atoms with van der Waals surface area (Å²) >= 11 is 9.10. The smallest absolute Gasteiger partial charge is 0.355 e. The molecule has 0 fully saturated rings. The molecule has 0 aromatic carbocycles. The Morgan fingerprint density at radius 1 is 1.53 bits per heavy atom. The molecular formula is C10H11BrClF3N2.